The minimum atomic E-state index is 0.218. The normalized spacial score (nSPS) is 16.2. The Labute approximate surface area is 154 Å². The minimum Gasteiger partial charge on any atom is -0.348 e. The molecule has 0 saturated carbocycles. The molecule has 0 bridgehead atoms. The number of H-pyrrole nitrogens is 1. The molecule has 0 aliphatic heterocycles. The van der Waals surface area contributed by atoms with Crippen LogP contribution in [0.15, 0.2) is 12.5 Å². The van der Waals surface area contributed by atoms with Crippen molar-refractivity contribution in [2.45, 2.75) is 73.6 Å². The quantitative estimate of drug-likeness (QED) is 0.582. The zero-order valence-corrected chi connectivity index (χ0v) is 17.2. The molecule has 0 fully saturated rings. The predicted molar refractivity (Wildman–Crippen MR) is 105 cm³/mol. The largest absolute Gasteiger partial charge is 0.348 e. The number of amides is 1. The summed E-state index contributed by atoms with van der Waals surface area (Å²) in [4.78, 5) is 22.1. The molecule has 0 saturated heterocycles. The second-order valence-electron chi connectivity index (χ2n) is 8.04. The Hall–Kier alpha value is -1.32. The van der Waals surface area contributed by atoms with E-state index in [9.17, 15) is 4.79 Å². The van der Waals surface area contributed by atoms with Crippen molar-refractivity contribution >= 4 is 5.91 Å². The molecule has 1 N–H and O–H groups in total. The van der Waals surface area contributed by atoms with Crippen LogP contribution in [0.5, 0.6) is 0 Å². The van der Waals surface area contributed by atoms with Gasteiger partial charge in [0.05, 0.1) is 12.7 Å². The van der Waals surface area contributed by atoms with Crippen LogP contribution in [-0.2, 0) is 11.2 Å². The first-order chi connectivity index (χ1) is 11.9. The van der Waals surface area contributed by atoms with Gasteiger partial charge in [0, 0.05) is 25.0 Å². The van der Waals surface area contributed by atoms with Gasteiger partial charge in [0.2, 0.25) is 5.91 Å². The summed E-state index contributed by atoms with van der Waals surface area (Å²) in [6, 6.07) is 0. The van der Waals surface area contributed by atoms with Gasteiger partial charge in [0.15, 0.2) is 0 Å². The highest BCUT2D eigenvalue weighted by atomic mass is 16.2. The number of hydrogen-bond acceptors (Lipinski definition) is 2. The van der Waals surface area contributed by atoms with Crippen LogP contribution in [0.4, 0.5) is 0 Å². The van der Waals surface area contributed by atoms with Crippen LogP contribution in [0.1, 0.15) is 72.9 Å². The summed E-state index contributed by atoms with van der Waals surface area (Å²) < 4.78 is 0. The van der Waals surface area contributed by atoms with Crippen LogP contribution in [-0.4, -0.2) is 33.9 Å². The first-order valence-corrected chi connectivity index (χ1v) is 10.1. The zero-order valence-electron chi connectivity index (χ0n) is 17.2. The first kappa shape index (κ1) is 21.7. The van der Waals surface area contributed by atoms with Gasteiger partial charge in [-0.05, 0) is 23.7 Å². The lowest BCUT2D eigenvalue weighted by molar-refractivity contribution is -0.132. The molecule has 0 spiro atoms. The number of hydrogen-bond donors (Lipinski definition) is 1. The van der Waals surface area contributed by atoms with Crippen molar-refractivity contribution in [3.05, 3.63) is 18.2 Å². The van der Waals surface area contributed by atoms with E-state index in [-0.39, 0.29) is 5.91 Å². The van der Waals surface area contributed by atoms with Gasteiger partial charge in [-0.25, -0.2) is 4.98 Å². The van der Waals surface area contributed by atoms with Crippen molar-refractivity contribution in [3.63, 3.8) is 0 Å². The Balaban J connectivity index is 2.75. The lowest BCUT2D eigenvalue weighted by Crippen LogP contribution is -2.41. The van der Waals surface area contributed by atoms with Crippen molar-refractivity contribution in [1.82, 2.24) is 14.9 Å². The molecule has 0 aliphatic carbocycles. The summed E-state index contributed by atoms with van der Waals surface area (Å²) in [6.45, 7) is 15.4. The fourth-order valence-electron chi connectivity index (χ4n) is 3.47. The van der Waals surface area contributed by atoms with E-state index in [1.807, 2.05) is 0 Å². The van der Waals surface area contributed by atoms with E-state index in [4.69, 9.17) is 0 Å². The van der Waals surface area contributed by atoms with Gasteiger partial charge in [-0.2, -0.15) is 0 Å². The van der Waals surface area contributed by atoms with Crippen LogP contribution in [0.2, 0.25) is 0 Å². The lowest BCUT2D eigenvalue weighted by Gasteiger charge is -2.32. The van der Waals surface area contributed by atoms with Crippen molar-refractivity contribution in [2.24, 2.45) is 23.7 Å². The molecule has 1 heterocycles. The summed E-state index contributed by atoms with van der Waals surface area (Å²) in [5, 5.41) is 0. The summed E-state index contributed by atoms with van der Waals surface area (Å²) >= 11 is 0. The second-order valence-corrected chi connectivity index (χ2v) is 8.04. The molecule has 4 unspecified atom stereocenters. The molecule has 1 aromatic rings. The monoisotopic (exact) mass is 349 g/mol. The predicted octanol–water partition coefficient (Wildman–Crippen LogP) is 4.93. The highest BCUT2D eigenvalue weighted by Gasteiger charge is 2.24. The van der Waals surface area contributed by atoms with Gasteiger partial charge < -0.3 is 9.88 Å². The van der Waals surface area contributed by atoms with Crippen LogP contribution in [0.25, 0.3) is 0 Å². The van der Waals surface area contributed by atoms with E-state index in [1.54, 1.807) is 12.5 Å². The van der Waals surface area contributed by atoms with Crippen molar-refractivity contribution in [2.75, 3.05) is 13.1 Å². The van der Waals surface area contributed by atoms with Gasteiger partial charge >= 0.3 is 0 Å². The third-order valence-electron chi connectivity index (χ3n) is 5.70. The molecule has 4 atom stereocenters. The summed E-state index contributed by atoms with van der Waals surface area (Å²) in [5.41, 5.74) is 0.901. The fraction of sp³-hybridized carbons (Fsp3) is 0.810. The Morgan fingerprint density at radius 3 is 1.92 bits per heavy atom. The van der Waals surface area contributed by atoms with Crippen LogP contribution >= 0.6 is 0 Å². The highest BCUT2D eigenvalue weighted by Crippen LogP contribution is 2.22. The lowest BCUT2D eigenvalue weighted by atomic mass is 9.89. The summed E-state index contributed by atoms with van der Waals surface area (Å²) in [5.74, 6) is 2.57. The van der Waals surface area contributed by atoms with E-state index in [0.29, 0.717) is 30.1 Å². The van der Waals surface area contributed by atoms with Crippen LogP contribution in [0, 0.1) is 23.7 Å². The van der Waals surface area contributed by atoms with Gasteiger partial charge in [-0.3, -0.25) is 4.79 Å². The second kappa shape index (κ2) is 11.3. The zero-order chi connectivity index (χ0) is 18.8. The molecule has 144 valence electrons. The molecular weight excluding hydrogens is 310 g/mol. The maximum Gasteiger partial charge on any atom is 0.228 e. The van der Waals surface area contributed by atoms with Crippen molar-refractivity contribution < 1.29 is 4.79 Å². The molecule has 0 aliphatic rings. The number of carbonyl (C=O) groups excluding carboxylic acids is 1. The number of nitrogens with one attached hydrogen (secondary N) is 1. The summed E-state index contributed by atoms with van der Waals surface area (Å²) in [7, 11) is 0. The van der Waals surface area contributed by atoms with E-state index in [0.717, 1.165) is 18.8 Å². The van der Waals surface area contributed by atoms with Crippen LogP contribution in [0.3, 0.4) is 0 Å². The molecule has 25 heavy (non-hydrogen) atoms. The van der Waals surface area contributed by atoms with E-state index in [2.05, 4.69) is 56.4 Å². The Morgan fingerprint density at radius 2 is 1.52 bits per heavy atom. The molecule has 4 nitrogen and oxygen atoms in total. The maximum absolute atomic E-state index is 12.9. The van der Waals surface area contributed by atoms with Gasteiger partial charge in [0.1, 0.15) is 0 Å². The average molecular weight is 350 g/mol. The Bertz CT molecular complexity index is 451. The Morgan fingerprint density at radius 1 is 1.00 bits per heavy atom. The topological polar surface area (TPSA) is 49.0 Å². The molecule has 1 amide bonds. The number of aromatic amines is 1. The number of imidazole rings is 1. The number of nitrogens with zero attached hydrogens (tertiary/aromatic N) is 2. The molecule has 1 rings (SSSR count). The standard InChI is InChI=1S/C21H39N3O/c1-7-9-16(3)18(5)13-24(14-19(6)17(4)10-8-2)21(25)11-20-12-22-15-23-20/h12,15-19H,7-11,13-14H2,1-6H3,(H,22,23). The third-order valence-corrected chi connectivity index (χ3v) is 5.70. The minimum absolute atomic E-state index is 0.218. The SMILES string of the molecule is CCCC(C)C(C)CN(CC(C)C(C)CCC)C(=O)Cc1cnc[nH]1. The number of rotatable bonds is 12. The summed E-state index contributed by atoms with van der Waals surface area (Å²) in [6.07, 6.45) is 8.68. The smallest absolute Gasteiger partial charge is 0.228 e. The van der Waals surface area contributed by atoms with Crippen LogP contribution < -0.4 is 0 Å². The van der Waals surface area contributed by atoms with Gasteiger partial charge in [0.25, 0.3) is 0 Å². The van der Waals surface area contributed by atoms with E-state index >= 15 is 0 Å². The maximum atomic E-state index is 12.9. The van der Waals surface area contributed by atoms with Gasteiger partial charge in [-0.15, -0.1) is 0 Å². The molecular formula is C21H39N3O. The molecule has 0 radical (unpaired) electrons. The first-order valence-electron chi connectivity index (χ1n) is 10.1. The number of aromatic nitrogens is 2. The third kappa shape index (κ3) is 7.62. The van der Waals surface area contributed by atoms with Crippen molar-refractivity contribution in [1.29, 1.82) is 0 Å². The number of carbonyl (C=O) groups is 1. The highest BCUT2D eigenvalue weighted by molar-refractivity contribution is 5.78. The molecule has 1 aromatic heterocycles. The fourth-order valence-corrected chi connectivity index (χ4v) is 3.47. The van der Waals surface area contributed by atoms with Crippen molar-refractivity contribution in [3.8, 4) is 0 Å². The van der Waals surface area contributed by atoms with Gasteiger partial charge in [-0.1, -0.05) is 67.2 Å². The molecule has 0 aromatic carbocycles. The van der Waals surface area contributed by atoms with E-state index < -0.39 is 0 Å². The Kier molecular flexibility index (Phi) is 9.84. The molecule has 4 heteroatoms. The average Bonchev–Trinajstić information content (AvgIpc) is 3.07. The van der Waals surface area contributed by atoms with E-state index in [1.165, 1.54) is 25.7 Å².